The number of nitrogens with one attached hydrogen (secondary N) is 1. The lowest BCUT2D eigenvalue weighted by Crippen LogP contribution is -2.28. The summed E-state index contributed by atoms with van der Waals surface area (Å²) in [4.78, 5) is 15.4. The van der Waals surface area contributed by atoms with E-state index in [0.29, 0.717) is 19.5 Å². The van der Waals surface area contributed by atoms with Crippen molar-refractivity contribution in [2.75, 3.05) is 13.1 Å². The van der Waals surface area contributed by atoms with Crippen LogP contribution >= 0.6 is 11.3 Å². The van der Waals surface area contributed by atoms with E-state index in [9.17, 15) is 9.90 Å². The van der Waals surface area contributed by atoms with E-state index in [4.69, 9.17) is 0 Å². The molecule has 0 aliphatic carbocycles. The van der Waals surface area contributed by atoms with E-state index in [1.807, 2.05) is 19.1 Å². The van der Waals surface area contributed by atoms with Crippen LogP contribution in [0.25, 0.3) is 10.1 Å². The molecule has 0 spiro atoms. The molecular weight excluding hydrogens is 334 g/mol. The molecule has 0 saturated carbocycles. The number of carbonyl (C=O) groups excluding carboxylic acids is 1. The highest BCUT2D eigenvalue weighted by molar-refractivity contribution is 7.20. The summed E-state index contributed by atoms with van der Waals surface area (Å²) in [5, 5.41) is 18.6. The summed E-state index contributed by atoms with van der Waals surface area (Å²) >= 11 is 1.52. The average Bonchev–Trinajstić information content (AvgIpc) is 3.26. The van der Waals surface area contributed by atoms with Crippen LogP contribution in [0.4, 0.5) is 0 Å². The summed E-state index contributed by atoms with van der Waals surface area (Å²) in [6.45, 7) is 4.97. The van der Waals surface area contributed by atoms with E-state index in [2.05, 4.69) is 35.3 Å². The third kappa shape index (κ3) is 3.19. The van der Waals surface area contributed by atoms with Gasteiger partial charge in [-0.15, -0.1) is 11.3 Å². The number of thiophene rings is 1. The van der Waals surface area contributed by atoms with Gasteiger partial charge in [-0.05, 0) is 43.9 Å². The monoisotopic (exact) mass is 355 g/mol. The van der Waals surface area contributed by atoms with Gasteiger partial charge in [-0.1, -0.05) is 17.7 Å². The molecule has 130 valence electrons. The number of carbonyl (C=O) groups is 1. The van der Waals surface area contributed by atoms with Gasteiger partial charge in [0.05, 0.1) is 16.7 Å². The van der Waals surface area contributed by atoms with Crippen LogP contribution in [0.3, 0.4) is 0 Å². The second kappa shape index (κ2) is 6.28. The molecule has 25 heavy (non-hydrogen) atoms. The van der Waals surface area contributed by atoms with E-state index < -0.39 is 6.10 Å². The number of likely N-dealkylation sites (tertiary alicyclic amines) is 1. The van der Waals surface area contributed by atoms with Gasteiger partial charge in [0, 0.05) is 29.4 Å². The second-order valence-electron chi connectivity index (χ2n) is 6.94. The van der Waals surface area contributed by atoms with Crippen molar-refractivity contribution in [1.29, 1.82) is 0 Å². The van der Waals surface area contributed by atoms with Crippen LogP contribution in [0.2, 0.25) is 0 Å². The summed E-state index contributed by atoms with van der Waals surface area (Å²) in [5.41, 5.74) is 3.14. The topological polar surface area (TPSA) is 69.2 Å². The van der Waals surface area contributed by atoms with Gasteiger partial charge in [0.2, 0.25) is 0 Å². The Morgan fingerprint density at radius 2 is 2.16 bits per heavy atom. The van der Waals surface area contributed by atoms with Crippen molar-refractivity contribution < 1.29 is 9.90 Å². The molecule has 1 saturated heterocycles. The first-order valence-corrected chi connectivity index (χ1v) is 9.29. The maximum absolute atomic E-state index is 12.9. The summed E-state index contributed by atoms with van der Waals surface area (Å²) < 4.78 is 1.12. The van der Waals surface area contributed by atoms with Crippen molar-refractivity contribution in [2.24, 2.45) is 5.92 Å². The number of rotatable bonds is 3. The van der Waals surface area contributed by atoms with E-state index in [-0.39, 0.29) is 11.8 Å². The number of hydrogen-bond donors (Lipinski definition) is 2. The van der Waals surface area contributed by atoms with Crippen LogP contribution in [-0.2, 0) is 6.42 Å². The molecule has 1 fully saturated rings. The van der Waals surface area contributed by atoms with Gasteiger partial charge in [-0.25, -0.2) is 0 Å². The Labute approximate surface area is 150 Å². The van der Waals surface area contributed by atoms with Gasteiger partial charge in [0.15, 0.2) is 0 Å². The van der Waals surface area contributed by atoms with Gasteiger partial charge in [0.25, 0.3) is 5.91 Å². The molecule has 1 aliphatic rings. The number of aliphatic hydroxyl groups excluding tert-OH is 1. The first kappa shape index (κ1) is 16.3. The third-order valence-electron chi connectivity index (χ3n) is 4.81. The van der Waals surface area contributed by atoms with Crippen LogP contribution in [0.1, 0.15) is 26.6 Å². The number of aryl methyl sites for hydroxylation is 2. The summed E-state index contributed by atoms with van der Waals surface area (Å²) in [6.07, 6.45) is 0.179. The highest BCUT2D eigenvalue weighted by Crippen LogP contribution is 2.29. The van der Waals surface area contributed by atoms with Gasteiger partial charge in [0.1, 0.15) is 0 Å². The number of hydrogen-bond acceptors (Lipinski definition) is 4. The number of amides is 1. The molecule has 5 nitrogen and oxygen atoms in total. The minimum Gasteiger partial charge on any atom is -0.391 e. The molecule has 2 aromatic heterocycles. The molecule has 4 rings (SSSR count). The highest BCUT2D eigenvalue weighted by atomic mass is 32.1. The lowest BCUT2D eigenvalue weighted by Gasteiger charge is -2.14. The molecule has 3 aromatic rings. The lowest BCUT2D eigenvalue weighted by atomic mass is 10.0. The third-order valence-corrected chi connectivity index (χ3v) is 5.91. The van der Waals surface area contributed by atoms with E-state index in [0.717, 1.165) is 26.4 Å². The average molecular weight is 355 g/mol. The maximum Gasteiger partial charge on any atom is 0.264 e. The zero-order valence-corrected chi connectivity index (χ0v) is 15.1. The van der Waals surface area contributed by atoms with Crippen molar-refractivity contribution in [3.05, 3.63) is 52.2 Å². The molecule has 6 heteroatoms. The molecule has 1 amide bonds. The summed E-state index contributed by atoms with van der Waals surface area (Å²) in [6, 6.07) is 10.2. The van der Waals surface area contributed by atoms with Crippen LogP contribution in [0.15, 0.2) is 30.3 Å². The molecule has 2 N–H and O–H groups in total. The number of aromatic amines is 1. The Kier molecular flexibility index (Phi) is 4.09. The van der Waals surface area contributed by atoms with Crippen molar-refractivity contribution in [1.82, 2.24) is 15.1 Å². The van der Waals surface area contributed by atoms with Crippen LogP contribution in [-0.4, -0.2) is 45.3 Å². The van der Waals surface area contributed by atoms with E-state index in [1.54, 1.807) is 4.90 Å². The van der Waals surface area contributed by atoms with Crippen molar-refractivity contribution in [3.8, 4) is 0 Å². The Hall–Kier alpha value is -2.18. The quantitative estimate of drug-likeness (QED) is 0.759. The number of benzene rings is 1. The summed E-state index contributed by atoms with van der Waals surface area (Å²) in [5.74, 6) is 0.0434. The lowest BCUT2D eigenvalue weighted by molar-refractivity contribution is 0.0769. The minimum atomic E-state index is -0.502. The zero-order chi connectivity index (χ0) is 17.6. The first-order valence-electron chi connectivity index (χ1n) is 8.48. The number of H-pyrrole nitrogens is 1. The predicted molar refractivity (Wildman–Crippen MR) is 99.0 cm³/mol. The molecule has 0 radical (unpaired) electrons. The fourth-order valence-corrected chi connectivity index (χ4v) is 4.50. The molecule has 0 unspecified atom stereocenters. The van der Waals surface area contributed by atoms with E-state index >= 15 is 0 Å². The van der Waals surface area contributed by atoms with Crippen molar-refractivity contribution in [3.63, 3.8) is 0 Å². The van der Waals surface area contributed by atoms with Gasteiger partial charge < -0.3 is 10.0 Å². The normalized spacial score (nSPS) is 20.5. The largest absolute Gasteiger partial charge is 0.391 e. The van der Waals surface area contributed by atoms with Gasteiger partial charge >= 0.3 is 0 Å². The van der Waals surface area contributed by atoms with Gasteiger partial charge in [-0.2, -0.15) is 5.10 Å². The molecule has 1 aromatic carbocycles. The second-order valence-corrected chi connectivity index (χ2v) is 8.02. The number of nitrogens with zero attached hydrogens (tertiary/aromatic N) is 2. The Morgan fingerprint density at radius 1 is 1.32 bits per heavy atom. The fraction of sp³-hybridized carbons (Fsp3) is 0.368. The molecule has 3 heterocycles. The molecule has 1 aliphatic heterocycles. The highest BCUT2D eigenvalue weighted by Gasteiger charge is 2.35. The van der Waals surface area contributed by atoms with Crippen molar-refractivity contribution in [2.45, 2.75) is 26.4 Å². The SMILES string of the molecule is Cc1ccc2sc(C(=O)N3C[C@@H](Cc4cc(C)[nH]n4)[C@H](O)C3)cc2c1. The number of β-amino-alcohol motifs (C(OH)–C–C–N with tert-alkyl or cyclic N) is 1. The Bertz CT molecular complexity index is 930. The first-order chi connectivity index (χ1) is 12.0. The standard InChI is InChI=1S/C19H21N3O2S/c1-11-3-4-17-13(5-11)8-18(25-17)19(24)22-9-14(16(23)10-22)7-15-6-12(2)20-21-15/h3-6,8,14,16,23H,7,9-10H2,1-2H3,(H,20,21)/t14-,16-/m1/s1. The number of aromatic nitrogens is 2. The van der Waals surface area contributed by atoms with Gasteiger partial charge in [-0.3, -0.25) is 9.89 Å². The summed E-state index contributed by atoms with van der Waals surface area (Å²) in [7, 11) is 0. The molecule has 2 atom stereocenters. The Balaban J connectivity index is 1.50. The van der Waals surface area contributed by atoms with Crippen LogP contribution < -0.4 is 0 Å². The van der Waals surface area contributed by atoms with Crippen LogP contribution in [0.5, 0.6) is 0 Å². The smallest absolute Gasteiger partial charge is 0.264 e. The Morgan fingerprint density at radius 3 is 2.92 bits per heavy atom. The van der Waals surface area contributed by atoms with Crippen LogP contribution in [0, 0.1) is 19.8 Å². The predicted octanol–water partition coefficient (Wildman–Crippen LogP) is 2.92. The molecular formula is C19H21N3O2S. The zero-order valence-electron chi connectivity index (χ0n) is 14.3. The number of aliphatic hydroxyl groups is 1. The maximum atomic E-state index is 12.9. The van der Waals surface area contributed by atoms with Crippen molar-refractivity contribution >= 4 is 27.3 Å². The van der Waals surface area contributed by atoms with E-state index in [1.165, 1.54) is 16.9 Å². The molecule has 0 bridgehead atoms. The fourth-order valence-electron chi connectivity index (χ4n) is 3.49. The number of fused-ring (bicyclic) bond motifs is 1. The minimum absolute atomic E-state index is 0.0126.